The van der Waals surface area contributed by atoms with Crippen LogP contribution in [0.3, 0.4) is 0 Å². The van der Waals surface area contributed by atoms with Crippen LogP contribution >= 0.6 is 0 Å². The van der Waals surface area contributed by atoms with Crippen LogP contribution in [0.5, 0.6) is 5.75 Å². The lowest BCUT2D eigenvalue weighted by Gasteiger charge is -2.47. The number of rotatable bonds is 5. The Morgan fingerprint density at radius 2 is 2.07 bits per heavy atom. The first-order chi connectivity index (χ1) is 13.0. The maximum absolute atomic E-state index is 12.9. The van der Waals surface area contributed by atoms with Gasteiger partial charge < -0.3 is 14.5 Å². The second kappa shape index (κ2) is 8.77. The molecular formula is C22H32N2O3. The first kappa shape index (κ1) is 19.7. The molecule has 3 rings (SSSR count). The largest absolute Gasteiger partial charge is 0.497 e. The van der Waals surface area contributed by atoms with E-state index in [2.05, 4.69) is 18.7 Å². The summed E-state index contributed by atoms with van der Waals surface area (Å²) in [5, 5.41) is 0. The molecule has 1 aromatic carbocycles. The average Bonchev–Trinajstić information content (AvgIpc) is 2.72. The lowest BCUT2D eigenvalue weighted by Crippen LogP contribution is -2.56. The van der Waals surface area contributed by atoms with Gasteiger partial charge in [-0.2, -0.15) is 0 Å². The molecule has 2 aliphatic rings. The molecule has 0 radical (unpaired) electrons. The van der Waals surface area contributed by atoms with Gasteiger partial charge in [0.2, 0.25) is 5.91 Å². The highest BCUT2D eigenvalue weighted by Crippen LogP contribution is 2.32. The lowest BCUT2D eigenvalue weighted by atomic mass is 9.83. The van der Waals surface area contributed by atoms with Crippen LogP contribution in [0.1, 0.15) is 56.3 Å². The molecule has 2 fully saturated rings. The minimum atomic E-state index is 0.0652. The van der Waals surface area contributed by atoms with Crippen molar-refractivity contribution in [2.75, 3.05) is 26.7 Å². The van der Waals surface area contributed by atoms with E-state index >= 15 is 0 Å². The second-order valence-corrected chi connectivity index (χ2v) is 8.05. The number of hydrogen-bond donors (Lipinski definition) is 0. The molecule has 3 atom stereocenters. The smallest absolute Gasteiger partial charge is 0.253 e. The summed E-state index contributed by atoms with van der Waals surface area (Å²) in [7, 11) is 1.61. The highest BCUT2D eigenvalue weighted by Gasteiger charge is 2.39. The van der Waals surface area contributed by atoms with Crippen LogP contribution in [0.4, 0.5) is 0 Å². The second-order valence-electron chi connectivity index (χ2n) is 8.05. The fraction of sp³-hybridized carbons (Fsp3) is 0.636. The van der Waals surface area contributed by atoms with Crippen molar-refractivity contribution in [2.45, 2.75) is 52.0 Å². The number of methoxy groups -OCH3 is 1. The average molecular weight is 373 g/mol. The Labute approximate surface area is 162 Å². The molecule has 1 aromatic rings. The summed E-state index contributed by atoms with van der Waals surface area (Å²) in [6.07, 6.45) is 4.70. The fourth-order valence-corrected chi connectivity index (χ4v) is 4.40. The molecule has 5 nitrogen and oxygen atoms in total. The Morgan fingerprint density at radius 1 is 1.26 bits per heavy atom. The van der Waals surface area contributed by atoms with Crippen molar-refractivity contribution < 1.29 is 14.3 Å². The van der Waals surface area contributed by atoms with Crippen molar-refractivity contribution in [1.82, 2.24) is 9.80 Å². The number of hydrogen-bond acceptors (Lipinski definition) is 3. The number of likely N-dealkylation sites (tertiary alicyclic amines) is 2. The van der Waals surface area contributed by atoms with Crippen molar-refractivity contribution in [1.29, 1.82) is 0 Å². The van der Waals surface area contributed by atoms with E-state index in [9.17, 15) is 9.59 Å². The molecule has 0 aliphatic carbocycles. The third kappa shape index (κ3) is 4.45. The Hall–Kier alpha value is -2.04. The van der Waals surface area contributed by atoms with Gasteiger partial charge >= 0.3 is 0 Å². The van der Waals surface area contributed by atoms with Crippen LogP contribution in [0.15, 0.2) is 24.3 Å². The number of carbonyl (C=O) groups is 2. The van der Waals surface area contributed by atoms with Crippen LogP contribution in [-0.2, 0) is 4.79 Å². The molecule has 2 saturated heterocycles. The van der Waals surface area contributed by atoms with E-state index in [-0.39, 0.29) is 5.91 Å². The van der Waals surface area contributed by atoms with E-state index < -0.39 is 0 Å². The topological polar surface area (TPSA) is 49.9 Å². The van der Waals surface area contributed by atoms with Crippen molar-refractivity contribution in [3.8, 4) is 5.75 Å². The molecular weight excluding hydrogens is 340 g/mol. The summed E-state index contributed by atoms with van der Waals surface area (Å²) < 4.78 is 5.24. The van der Waals surface area contributed by atoms with Crippen molar-refractivity contribution >= 4 is 11.8 Å². The van der Waals surface area contributed by atoms with Crippen LogP contribution in [0.2, 0.25) is 0 Å². The summed E-state index contributed by atoms with van der Waals surface area (Å²) in [5.41, 5.74) is 0.674. The van der Waals surface area contributed by atoms with Gasteiger partial charge in [0.1, 0.15) is 5.75 Å². The number of fused-ring (bicyclic) bond motifs is 1. The van der Waals surface area contributed by atoms with E-state index in [4.69, 9.17) is 4.74 Å². The van der Waals surface area contributed by atoms with Gasteiger partial charge in [0, 0.05) is 37.7 Å². The summed E-state index contributed by atoms with van der Waals surface area (Å²) >= 11 is 0. The number of amides is 2. The van der Waals surface area contributed by atoms with E-state index in [0.29, 0.717) is 48.1 Å². The summed E-state index contributed by atoms with van der Waals surface area (Å²) in [6.45, 7) is 6.62. The van der Waals surface area contributed by atoms with E-state index in [1.807, 2.05) is 23.1 Å². The molecule has 0 aromatic heterocycles. The standard InChI is InChI=1S/C22H32N2O3/c1-4-16(2)13-21(25)24-11-6-8-18-15-23(12-10-20(18)24)22(26)17-7-5-9-19(14-17)27-3/h5,7,9,14,16,18,20H,4,6,8,10-13,15H2,1-3H3/t16?,18-,20-/m1/s1. The molecule has 0 N–H and O–H groups in total. The van der Waals surface area contributed by atoms with E-state index in [0.717, 1.165) is 38.8 Å². The normalized spacial score (nSPS) is 23.5. The number of piperidine rings is 2. The predicted octanol–water partition coefficient (Wildman–Crippen LogP) is 3.58. The van der Waals surface area contributed by atoms with E-state index in [1.165, 1.54) is 0 Å². The zero-order valence-electron chi connectivity index (χ0n) is 16.8. The maximum Gasteiger partial charge on any atom is 0.253 e. The van der Waals surface area contributed by atoms with E-state index in [1.54, 1.807) is 13.2 Å². The molecule has 2 heterocycles. The van der Waals surface area contributed by atoms with Gasteiger partial charge in [-0.1, -0.05) is 26.3 Å². The molecule has 2 amide bonds. The quantitative estimate of drug-likeness (QED) is 0.794. The lowest BCUT2D eigenvalue weighted by molar-refractivity contribution is -0.138. The molecule has 27 heavy (non-hydrogen) atoms. The van der Waals surface area contributed by atoms with Crippen molar-refractivity contribution in [2.24, 2.45) is 11.8 Å². The number of benzene rings is 1. The molecule has 0 spiro atoms. The molecule has 2 aliphatic heterocycles. The van der Waals surface area contributed by atoms with Gasteiger partial charge in [0.25, 0.3) is 5.91 Å². The van der Waals surface area contributed by atoms with Crippen LogP contribution in [0, 0.1) is 11.8 Å². The van der Waals surface area contributed by atoms with Crippen LogP contribution in [0.25, 0.3) is 0 Å². The number of ether oxygens (including phenoxy) is 1. The molecule has 0 bridgehead atoms. The zero-order valence-corrected chi connectivity index (χ0v) is 16.8. The molecule has 0 saturated carbocycles. The number of carbonyl (C=O) groups excluding carboxylic acids is 2. The van der Waals surface area contributed by atoms with Gasteiger partial charge in [-0.05, 0) is 49.3 Å². The third-order valence-electron chi connectivity index (χ3n) is 6.21. The Bertz CT molecular complexity index is 675. The summed E-state index contributed by atoms with van der Waals surface area (Å²) in [6, 6.07) is 7.65. The first-order valence-corrected chi connectivity index (χ1v) is 10.3. The monoisotopic (exact) mass is 372 g/mol. The summed E-state index contributed by atoms with van der Waals surface area (Å²) in [4.78, 5) is 29.8. The first-order valence-electron chi connectivity index (χ1n) is 10.3. The van der Waals surface area contributed by atoms with Gasteiger partial charge in [-0.3, -0.25) is 9.59 Å². The van der Waals surface area contributed by atoms with Gasteiger partial charge in [-0.15, -0.1) is 0 Å². The molecule has 5 heteroatoms. The zero-order chi connectivity index (χ0) is 19.4. The van der Waals surface area contributed by atoms with Crippen LogP contribution in [-0.4, -0.2) is 54.4 Å². The highest BCUT2D eigenvalue weighted by molar-refractivity contribution is 5.94. The van der Waals surface area contributed by atoms with Gasteiger partial charge in [0.05, 0.1) is 7.11 Å². The van der Waals surface area contributed by atoms with Gasteiger partial charge in [0.15, 0.2) is 0 Å². The predicted molar refractivity (Wildman–Crippen MR) is 106 cm³/mol. The molecule has 148 valence electrons. The SMILES string of the molecule is CCC(C)CC(=O)N1CCC[C@@H]2CN(C(=O)c3cccc(OC)c3)CC[C@H]21. The minimum absolute atomic E-state index is 0.0652. The fourth-order valence-electron chi connectivity index (χ4n) is 4.40. The molecule has 1 unspecified atom stereocenters. The van der Waals surface area contributed by atoms with Crippen molar-refractivity contribution in [3.63, 3.8) is 0 Å². The Morgan fingerprint density at radius 3 is 2.81 bits per heavy atom. The summed E-state index contributed by atoms with van der Waals surface area (Å²) in [5.74, 6) is 1.90. The number of nitrogens with zero attached hydrogens (tertiary/aromatic N) is 2. The minimum Gasteiger partial charge on any atom is -0.497 e. The maximum atomic E-state index is 12.9. The van der Waals surface area contributed by atoms with Crippen LogP contribution < -0.4 is 4.74 Å². The van der Waals surface area contributed by atoms with Crippen molar-refractivity contribution in [3.05, 3.63) is 29.8 Å². The Kier molecular flexibility index (Phi) is 6.40. The third-order valence-corrected chi connectivity index (χ3v) is 6.21. The Balaban J connectivity index is 1.65. The van der Waals surface area contributed by atoms with Gasteiger partial charge in [-0.25, -0.2) is 0 Å². The highest BCUT2D eigenvalue weighted by atomic mass is 16.5.